The first-order chi connectivity index (χ1) is 14.8. The number of carbonyl (C=O) groups excluding carboxylic acids is 1. The molecule has 3 rings (SSSR count). The van der Waals surface area contributed by atoms with Gasteiger partial charge in [0.1, 0.15) is 19.0 Å². The van der Waals surface area contributed by atoms with E-state index in [1.54, 1.807) is 29.5 Å². The number of thiophene rings is 1. The van der Waals surface area contributed by atoms with E-state index in [1.165, 1.54) is 10.4 Å². The van der Waals surface area contributed by atoms with Gasteiger partial charge < -0.3 is 14.6 Å². The van der Waals surface area contributed by atoms with Gasteiger partial charge in [0.25, 0.3) is 0 Å². The lowest BCUT2D eigenvalue weighted by Gasteiger charge is -2.30. The smallest absolute Gasteiger partial charge is 0.161 e. The lowest BCUT2D eigenvalue weighted by molar-refractivity contribution is 0.0518. The van der Waals surface area contributed by atoms with Gasteiger partial charge in [-0.1, -0.05) is 0 Å². The third kappa shape index (κ3) is 6.52. The van der Waals surface area contributed by atoms with E-state index in [1.807, 2.05) is 25.3 Å². The van der Waals surface area contributed by atoms with Crippen molar-refractivity contribution < 1.29 is 27.8 Å². The van der Waals surface area contributed by atoms with E-state index in [0.717, 1.165) is 6.29 Å². The van der Waals surface area contributed by atoms with Crippen molar-refractivity contribution in [2.75, 3.05) is 31.3 Å². The summed E-state index contributed by atoms with van der Waals surface area (Å²) in [4.78, 5) is 14.2. The Balaban J connectivity index is 1.67. The van der Waals surface area contributed by atoms with Crippen molar-refractivity contribution in [3.63, 3.8) is 0 Å². The Kier molecular flexibility index (Phi) is 8.10. The zero-order valence-corrected chi connectivity index (χ0v) is 19.5. The lowest BCUT2D eigenvalue weighted by atomic mass is 10.1. The molecule has 0 amide bonds. The molecule has 2 atom stereocenters. The number of nitrogens with zero attached hydrogens (tertiary/aromatic N) is 1. The maximum Gasteiger partial charge on any atom is 0.161 e. The van der Waals surface area contributed by atoms with Crippen LogP contribution >= 0.6 is 11.3 Å². The number of hydrogen-bond donors (Lipinski definition) is 1. The van der Waals surface area contributed by atoms with Crippen LogP contribution in [-0.2, 0) is 16.4 Å². The molecule has 1 aliphatic rings. The van der Waals surface area contributed by atoms with Gasteiger partial charge in [-0.05, 0) is 55.5 Å². The maximum absolute atomic E-state index is 12.0. The summed E-state index contributed by atoms with van der Waals surface area (Å²) in [6, 6.07) is 6.81. The van der Waals surface area contributed by atoms with Crippen LogP contribution < -0.4 is 9.47 Å². The largest absolute Gasteiger partial charge is 0.490 e. The second-order valence-electron chi connectivity index (χ2n) is 7.73. The summed E-state index contributed by atoms with van der Waals surface area (Å²) in [5.41, 5.74) is 1.65. The number of ether oxygens (including phenoxy) is 2. The molecule has 2 aromatic rings. The molecule has 1 aliphatic heterocycles. The van der Waals surface area contributed by atoms with Crippen LogP contribution in [0.5, 0.6) is 11.5 Å². The molecule has 0 radical (unpaired) electrons. The molecule has 1 saturated heterocycles. The quantitative estimate of drug-likeness (QED) is 0.508. The van der Waals surface area contributed by atoms with E-state index in [0.29, 0.717) is 43.2 Å². The van der Waals surface area contributed by atoms with E-state index in [2.05, 4.69) is 4.90 Å². The van der Waals surface area contributed by atoms with Crippen molar-refractivity contribution in [1.29, 1.82) is 0 Å². The monoisotopic (exact) mass is 467 g/mol. The SMILES string of the molecule is CCOc1cc(C=O)ccc1OCC(O)CN(Cc1sccc1C)C1CCS(=O)(=O)C1. The van der Waals surface area contributed by atoms with Crippen molar-refractivity contribution in [3.05, 3.63) is 45.6 Å². The minimum Gasteiger partial charge on any atom is -0.490 e. The maximum atomic E-state index is 12.0. The summed E-state index contributed by atoms with van der Waals surface area (Å²) in [6.45, 7) is 5.22. The van der Waals surface area contributed by atoms with E-state index in [4.69, 9.17) is 9.47 Å². The molecule has 9 heteroatoms. The molecule has 0 spiro atoms. The number of aliphatic hydroxyl groups is 1. The van der Waals surface area contributed by atoms with Crippen LogP contribution in [-0.4, -0.2) is 68.1 Å². The van der Waals surface area contributed by atoms with Crippen LogP contribution in [0, 0.1) is 6.92 Å². The molecule has 7 nitrogen and oxygen atoms in total. The number of aryl methyl sites for hydroxylation is 1. The van der Waals surface area contributed by atoms with Crippen LogP contribution in [0.2, 0.25) is 0 Å². The van der Waals surface area contributed by atoms with Gasteiger partial charge in [0, 0.05) is 29.6 Å². The Labute approximate surface area is 187 Å². The molecule has 1 fully saturated rings. The predicted molar refractivity (Wildman–Crippen MR) is 121 cm³/mol. The van der Waals surface area contributed by atoms with Crippen molar-refractivity contribution in [2.45, 2.75) is 39.0 Å². The first-order valence-electron chi connectivity index (χ1n) is 10.3. The minimum absolute atomic E-state index is 0.0277. The first-order valence-corrected chi connectivity index (χ1v) is 13.0. The number of aliphatic hydroxyl groups excluding tert-OH is 1. The van der Waals surface area contributed by atoms with E-state index < -0.39 is 15.9 Å². The second kappa shape index (κ2) is 10.6. The zero-order valence-electron chi connectivity index (χ0n) is 17.8. The highest BCUT2D eigenvalue weighted by molar-refractivity contribution is 7.91. The lowest BCUT2D eigenvalue weighted by Crippen LogP contribution is -2.42. The van der Waals surface area contributed by atoms with Gasteiger partial charge in [0.05, 0.1) is 18.1 Å². The van der Waals surface area contributed by atoms with Gasteiger partial charge in [-0.2, -0.15) is 0 Å². The first kappa shape index (κ1) is 23.7. The van der Waals surface area contributed by atoms with Gasteiger partial charge in [-0.25, -0.2) is 8.42 Å². The van der Waals surface area contributed by atoms with Gasteiger partial charge in [-0.15, -0.1) is 11.3 Å². The molecule has 0 aliphatic carbocycles. The number of benzene rings is 1. The molecule has 170 valence electrons. The fourth-order valence-corrected chi connectivity index (χ4v) is 6.34. The van der Waals surface area contributed by atoms with Crippen molar-refractivity contribution in [2.24, 2.45) is 0 Å². The molecule has 0 saturated carbocycles. The Bertz CT molecular complexity index is 988. The summed E-state index contributed by atoms with van der Waals surface area (Å²) in [6.07, 6.45) is 0.493. The summed E-state index contributed by atoms with van der Waals surface area (Å²) < 4.78 is 35.3. The van der Waals surface area contributed by atoms with Crippen LogP contribution in [0.4, 0.5) is 0 Å². The molecular formula is C22H29NO6S2. The fraction of sp³-hybridized carbons (Fsp3) is 0.500. The summed E-state index contributed by atoms with van der Waals surface area (Å²) in [7, 11) is -3.04. The topological polar surface area (TPSA) is 93.1 Å². The van der Waals surface area contributed by atoms with Crippen LogP contribution in [0.1, 0.15) is 34.1 Å². The average Bonchev–Trinajstić information content (AvgIpc) is 3.31. The van der Waals surface area contributed by atoms with Crippen LogP contribution in [0.3, 0.4) is 0 Å². The molecule has 2 heterocycles. The van der Waals surface area contributed by atoms with Gasteiger partial charge in [-0.3, -0.25) is 9.69 Å². The molecule has 31 heavy (non-hydrogen) atoms. The number of rotatable bonds is 11. The normalized spacial score (nSPS) is 18.8. The Hall–Kier alpha value is -1.94. The Morgan fingerprint density at radius 1 is 1.29 bits per heavy atom. The third-order valence-corrected chi connectivity index (χ3v) is 8.08. The van der Waals surface area contributed by atoms with E-state index in [9.17, 15) is 18.3 Å². The molecular weight excluding hydrogens is 438 g/mol. The summed E-state index contributed by atoms with van der Waals surface area (Å²) >= 11 is 1.64. The minimum atomic E-state index is -3.04. The molecule has 1 aromatic heterocycles. The predicted octanol–water partition coefficient (Wildman–Crippen LogP) is 2.70. The van der Waals surface area contributed by atoms with Gasteiger partial charge >= 0.3 is 0 Å². The number of hydrogen-bond acceptors (Lipinski definition) is 8. The van der Waals surface area contributed by atoms with Gasteiger partial charge in [0.15, 0.2) is 21.3 Å². The van der Waals surface area contributed by atoms with Crippen molar-refractivity contribution >= 4 is 27.5 Å². The summed E-state index contributed by atoms with van der Waals surface area (Å²) in [5.74, 6) is 1.21. The van der Waals surface area contributed by atoms with E-state index in [-0.39, 0.29) is 24.2 Å². The van der Waals surface area contributed by atoms with Crippen LogP contribution in [0.25, 0.3) is 0 Å². The number of aldehydes is 1. The van der Waals surface area contributed by atoms with Crippen LogP contribution in [0.15, 0.2) is 29.6 Å². The Morgan fingerprint density at radius 2 is 2.10 bits per heavy atom. The highest BCUT2D eigenvalue weighted by Gasteiger charge is 2.33. The number of sulfone groups is 1. The molecule has 1 aromatic carbocycles. The van der Waals surface area contributed by atoms with Gasteiger partial charge in [0.2, 0.25) is 0 Å². The standard InChI is InChI=1S/C22H29NO6S2/c1-3-28-21-10-17(13-24)4-5-20(21)29-14-19(25)11-23(12-22-16(2)6-8-30-22)18-7-9-31(26,27)15-18/h4-6,8,10,13,18-19,25H,3,7,9,11-12,14-15H2,1-2H3. The zero-order chi connectivity index (χ0) is 22.4. The molecule has 1 N–H and O–H groups in total. The van der Waals surface area contributed by atoms with Crippen molar-refractivity contribution in [3.8, 4) is 11.5 Å². The fourth-order valence-electron chi connectivity index (χ4n) is 3.65. The highest BCUT2D eigenvalue weighted by atomic mass is 32.2. The summed E-state index contributed by atoms with van der Waals surface area (Å²) in [5, 5.41) is 12.7. The average molecular weight is 468 g/mol. The third-order valence-electron chi connectivity index (χ3n) is 5.32. The molecule has 0 bridgehead atoms. The van der Waals surface area contributed by atoms with E-state index >= 15 is 0 Å². The second-order valence-corrected chi connectivity index (χ2v) is 11.0. The molecule has 2 unspecified atom stereocenters. The highest BCUT2D eigenvalue weighted by Crippen LogP contribution is 2.29. The van der Waals surface area contributed by atoms with Crippen molar-refractivity contribution in [1.82, 2.24) is 4.90 Å². The Morgan fingerprint density at radius 3 is 2.71 bits per heavy atom. The number of carbonyl (C=O) groups is 1.